The molecule has 3 N–H and O–H groups in total. The minimum Gasteiger partial charge on any atom is -0.480 e. The number of carboxylic acids is 1. The van der Waals surface area contributed by atoms with Gasteiger partial charge in [0.15, 0.2) is 29.4 Å². The number of halogens is 5. The van der Waals surface area contributed by atoms with Crippen LogP contribution in [0.5, 0.6) is 0 Å². The third-order valence-electron chi connectivity index (χ3n) is 4.22. The van der Waals surface area contributed by atoms with Crippen LogP contribution in [-0.4, -0.2) is 46.9 Å². The number of carbonyl (C=O) groups is 2. The standard InChI is InChI=1S/C15H11F5N4O5S2/c16-8-5(9(17)11(19)12(20)10(8)18)3-6(15(26)27)22-13-14(25)23-31(28,29)24(13)4-7-21-1-2-30-7/h1-2,6,13,22H,3-4H2,(H,23,25)(H,26,27)/t6-,13+/m0/s1. The summed E-state index contributed by atoms with van der Waals surface area (Å²) in [6.45, 7) is -0.453. The number of hydrogen-bond donors (Lipinski definition) is 3. The van der Waals surface area contributed by atoms with Gasteiger partial charge in [0, 0.05) is 23.6 Å². The van der Waals surface area contributed by atoms with Crippen molar-refractivity contribution in [2.75, 3.05) is 0 Å². The second-order valence-corrected chi connectivity index (χ2v) is 8.76. The Labute approximate surface area is 174 Å². The average Bonchev–Trinajstić information content (AvgIpc) is 3.28. The lowest BCUT2D eigenvalue weighted by Crippen LogP contribution is -2.53. The summed E-state index contributed by atoms with van der Waals surface area (Å²) in [4.78, 5) is 27.5. The molecule has 0 aliphatic carbocycles. The molecule has 2 atom stereocenters. The molecule has 1 saturated heterocycles. The Morgan fingerprint density at radius 1 is 1.19 bits per heavy atom. The maximum atomic E-state index is 13.9. The van der Waals surface area contributed by atoms with E-state index >= 15 is 0 Å². The summed E-state index contributed by atoms with van der Waals surface area (Å²) in [5, 5.41) is 13.2. The van der Waals surface area contributed by atoms with E-state index in [4.69, 9.17) is 0 Å². The van der Waals surface area contributed by atoms with Crippen molar-refractivity contribution < 1.29 is 45.1 Å². The summed E-state index contributed by atoms with van der Waals surface area (Å²) in [5.41, 5.74) is -1.44. The molecule has 1 aliphatic rings. The van der Waals surface area contributed by atoms with Gasteiger partial charge in [0.2, 0.25) is 5.82 Å². The Morgan fingerprint density at radius 2 is 1.77 bits per heavy atom. The quantitative estimate of drug-likeness (QED) is 0.298. The van der Waals surface area contributed by atoms with E-state index in [1.54, 1.807) is 4.72 Å². The van der Waals surface area contributed by atoms with Crippen molar-refractivity contribution in [1.82, 2.24) is 19.3 Å². The summed E-state index contributed by atoms with van der Waals surface area (Å²) >= 11 is 1.03. The molecule has 0 radical (unpaired) electrons. The third kappa shape index (κ3) is 4.36. The van der Waals surface area contributed by atoms with Crippen LogP contribution in [-0.2, 0) is 32.8 Å². The molecule has 2 aromatic rings. The zero-order valence-electron chi connectivity index (χ0n) is 14.9. The smallest absolute Gasteiger partial charge is 0.321 e. The molecular formula is C15H11F5N4O5S2. The molecule has 2 heterocycles. The second-order valence-electron chi connectivity index (χ2n) is 6.16. The van der Waals surface area contributed by atoms with Crippen molar-refractivity contribution in [2.24, 2.45) is 0 Å². The first-order valence-corrected chi connectivity index (χ1v) is 10.5. The molecular weight excluding hydrogens is 475 g/mol. The van der Waals surface area contributed by atoms with E-state index in [0.29, 0.717) is 4.31 Å². The van der Waals surface area contributed by atoms with Crippen LogP contribution in [0.25, 0.3) is 0 Å². The Hall–Kier alpha value is -2.69. The summed E-state index contributed by atoms with van der Waals surface area (Å²) in [5.74, 6) is -14.5. The SMILES string of the molecule is O=C(O)[C@H](Cc1c(F)c(F)c(F)c(F)c1F)N[C@H]1C(=O)NS(=O)(=O)N1Cc1nccs1. The van der Waals surface area contributed by atoms with E-state index in [0.717, 1.165) is 11.3 Å². The van der Waals surface area contributed by atoms with Gasteiger partial charge in [-0.2, -0.15) is 12.7 Å². The van der Waals surface area contributed by atoms with Gasteiger partial charge in [-0.25, -0.2) is 31.7 Å². The van der Waals surface area contributed by atoms with Gasteiger partial charge in [-0.05, 0) is 0 Å². The first kappa shape index (κ1) is 23.0. The van der Waals surface area contributed by atoms with Crippen molar-refractivity contribution in [1.29, 1.82) is 0 Å². The van der Waals surface area contributed by atoms with Crippen molar-refractivity contribution in [3.63, 3.8) is 0 Å². The van der Waals surface area contributed by atoms with Gasteiger partial charge < -0.3 is 5.11 Å². The number of thiazole rings is 1. The highest BCUT2D eigenvalue weighted by molar-refractivity contribution is 7.88. The van der Waals surface area contributed by atoms with Crippen LogP contribution in [0.1, 0.15) is 10.6 Å². The van der Waals surface area contributed by atoms with Gasteiger partial charge in [0.25, 0.3) is 5.91 Å². The number of nitrogens with one attached hydrogen (secondary N) is 2. The van der Waals surface area contributed by atoms with E-state index in [1.165, 1.54) is 11.6 Å². The molecule has 16 heteroatoms. The lowest BCUT2D eigenvalue weighted by Gasteiger charge is -2.24. The topological polar surface area (TPSA) is 129 Å². The zero-order chi connectivity index (χ0) is 23.1. The predicted octanol–water partition coefficient (Wildman–Crippen LogP) is 0.627. The summed E-state index contributed by atoms with van der Waals surface area (Å²) < 4.78 is 94.4. The lowest BCUT2D eigenvalue weighted by molar-refractivity contribution is -0.140. The molecule has 1 amide bonds. The van der Waals surface area contributed by atoms with E-state index in [2.05, 4.69) is 10.3 Å². The zero-order valence-corrected chi connectivity index (χ0v) is 16.5. The second kappa shape index (κ2) is 8.45. The van der Waals surface area contributed by atoms with Crippen LogP contribution < -0.4 is 10.0 Å². The molecule has 0 unspecified atom stereocenters. The van der Waals surface area contributed by atoms with Crippen LogP contribution in [0.15, 0.2) is 11.6 Å². The Morgan fingerprint density at radius 3 is 2.29 bits per heavy atom. The van der Waals surface area contributed by atoms with Gasteiger partial charge >= 0.3 is 16.2 Å². The minimum absolute atomic E-state index is 0.235. The van der Waals surface area contributed by atoms with E-state index < -0.39 is 81.9 Å². The van der Waals surface area contributed by atoms with E-state index in [1.807, 2.05) is 0 Å². The average molecular weight is 486 g/mol. The number of aromatic nitrogens is 1. The van der Waals surface area contributed by atoms with Crippen molar-refractivity contribution >= 4 is 33.4 Å². The van der Waals surface area contributed by atoms with Crippen molar-refractivity contribution in [2.45, 2.75) is 25.2 Å². The number of benzene rings is 1. The highest BCUT2D eigenvalue weighted by atomic mass is 32.2. The number of carbonyl (C=O) groups excluding carboxylic acids is 1. The molecule has 31 heavy (non-hydrogen) atoms. The molecule has 1 aliphatic heterocycles. The first-order valence-electron chi connectivity index (χ1n) is 8.15. The van der Waals surface area contributed by atoms with E-state index in [-0.39, 0.29) is 5.01 Å². The fourth-order valence-corrected chi connectivity index (χ4v) is 4.66. The monoisotopic (exact) mass is 486 g/mol. The van der Waals surface area contributed by atoms with Gasteiger partial charge in [-0.3, -0.25) is 14.9 Å². The van der Waals surface area contributed by atoms with Crippen LogP contribution >= 0.6 is 11.3 Å². The molecule has 3 rings (SSSR count). The maximum absolute atomic E-state index is 13.9. The summed E-state index contributed by atoms with van der Waals surface area (Å²) in [6.07, 6.45) is -1.78. The highest BCUT2D eigenvalue weighted by Crippen LogP contribution is 2.25. The minimum atomic E-state index is -4.41. The van der Waals surface area contributed by atoms with Crippen LogP contribution in [0.2, 0.25) is 0 Å². The van der Waals surface area contributed by atoms with Crippen molar-refractivity contribution in [3.8, 4) is 0 Å². The number of nitrogens with zero attached hydrogens (tertiary/aromatic N) is 2. The Kier molecular flexibility index (Phi) is 6.26. The van der Waals surface area contributed by atoms with Crippen LogP contribution in [0, 0.1) is 29.1 Å². The fourth-order valence-electron chi connectivity index (χ4n) is 2.75. The number of carboxylic acid groups (broad SMARTS) is 1. The third-order valence-corrected chi connectivity index (χ3v) is 6.40. The van der Waals surface area contributed by atoms with Gasteiger partial charge in [0.05, 0.1) is 6.54 Å². The first-order chi connectivity index (χ1) is 14.4. The van der Waals surface area contributed by atoms with Gasteiger partial charge in [-0.15, -0.1) is 11.3 Å². The molecule has 0 bridgehead atoms. The molecule has 9 nitrogen and oxygen atoms in total. The summed E-state index contributed by atoms with van der Waals surface area (Å²) in [7, 11) is -4.41. The Balaban J connectivity index is 1.93. The molecule has 0 saturated carbocycles. The molecule has 1 fully saturated rings. The number of rotatable bonds is 7. The fraction of sp³-hybridized carbons (Fsp3) is 0.267. The lowest BCUT2D eigenvalue weighted by atomic mass is 10.0. The maximum Gasteiger partial charge on any atom is 0.321 e. The van der Waals surface area contributed by atoms with Gasteiger partial charge in [-0.1, -0.05) is 0 Å². The molecule has 1 aromatic heterocycles. The number of hydrogen-bond acceptors (Lipinski definition) is 7. The number of aliphatic carboxylic acids is 1. The Bertz CT molecular complexity index is 1120. The van der Waals surface area contributed by atoms with Gasteiger partial charge in [0.1, 0.15) is 11.0 Å². The molecule has 1 aromatic carbocycles. The van der Waals surface area contributed by atoms with Crippen molar-refractivity contribution in [3.05, 3.63) is 51.2 Å². The largest absolute Gasteiger partial charge is 0.480 e. The number of amides is 1. The molecule has 168 valence electrons. The normalized spacial score (nSPS) is 19.4. The summed E-state index contributed by atoms with van der Waals surface area (Å²) in [6, 6.07) is -2.10. The highest BCUT2D eigenvalue weighted by Gasteiger charge is 2.46. The van der Waals surface area contributed by atoms with Crippen LogP contribution in [0.4, 0.5) is 22.0 Å². The van der Waals surface area contributed by atoms with E-state index in [9.17, 15) is 45.1 Å². The predicted molar refractivity (Wildman–Crippen MR) is 93.0 cm³/mol. The van der Waals surface area contributed by atoms with Crippen LogP contribution in [0.3, 0.4) is 0 Å². The molecule has 0 spiro atoms.